The Bertz CT molecular complexity index is 292. The molecule has 2 aliphatic rings. The van der Waals surface area contributed by atoms with E-state index in [9.17, 15) is 4.21 Å². The lowest BCUT2D eigenvalue weighted by molar-refractivity contribution is 0.207. The first-order valence-electron chi connectivity index (χ1n) is 7.95. The van der Waals surface area contributed by atoms with Gasteiger partial charge in [-0.05, 0) is 45.2 Å². The van der Waals surface area contributed by atoms with Crippen molar-refractivity contribution in [3.8, 4) is 0 Å². The number of rotatable bonds is 4. The van der Waals surface area contributed by atoms with Gasteiger partial charge in [0, 0.05) is 41.4 Å². The highest BCUT2D eigenvalue weighted by Gasteiger charge is 2.27. The molecule has 0 amide bonds. The minimum absolute atomic E-state index is 0.296. The van der Waals surface area contributed by atoms with Crippen LogP contribution < -0.4 is 5.32 Å². The van der Waals surface area contributed by atoms with E-state index in [0.29, 0.717) is 11.3 Å². The lowest BCUT2D eigenvalue weighted by Crippen LogP contribution is -2.45. The first kappa shape index (κ1) is 15.5. The zero-order chi connectivity index (χ0) is 13.7. The molecular formula is C15H30N2OS. The molecule has 0 aromatic rings. The van der Waals surface area contributed by atoms with Crippen LogP contribution in [-0.4, -0.2) is 52.8 Å². The molecule has 0 bridgehead atoms. The van der Waals surface area contributed by atoms with E-state index in [4.69, 9.17) is 0 Å². The molecule has 1 heterocycles. The van der Waals surface area contributed by atoms with Crippen LogP contribution in [0.2, 0.25) is 0 Å². The van der Waals surface area contributed by atoms with E-state index in [1.807, 2.05) is 6.26 Å². The summed E-state index contributed by atoms with van der Waals surface area (Å²) >= 11 is 0. The van der Waals surface area contributed by atoms with Crippen molar-refractivity contribution in [1.82, 2.24) is 10.2 Å². The van der Waals surface area contributed by atoms with Crippen molar-refractivity contribution in [2.45, 2.75) is 56.7 Å². The second-order valence-corrected chi connectivity index (χ2v) is 8.18. The lowest BCUT2D eigenvalue weighted by atomic mass is 9.83. The molecule has 4 heteroatoms. The predicted octanol–water partition coefficient (Wildman–Crippen LogP) is 2.00. The van der Waals surface area contributed by atoms with Crippen LogP contribution in [0.25, 0.3) is 0 Å². The summed E-state index contributed by atoms with van der Waals surface area (Å²) in [6, 6.07) is 0.667. The van der Waals surface area contributed by atoms with Crippen molar-refractivity contribution in [3.05, 3.63) is 0 Å². The van der Waals surface area contributed by atoms with Crippen LogP contribution in [0.15, 0.2) is 0 Å². The number of hydrogen-bond acceptors (Lipinski definition) is 3. The molecule has 0 aromatic heterocycles. The maximum absolute atomic E-state index is 11.6. The Balaban J connectivity index is 1.88. The maximum Gasteiger partial charge on any atom is 0.0444 e. The molecule has 0 spiro atoms. The molecule has 3 unspecified atom stereocenters. The van der Waals surface area contributed by atoms with E-state index in [1.165, 1.54) is 38.5 Å². The molecule has 1 aliphatic heterocycles. The highest BCUT2D eigenvalue weighted by molar-refractivity contribution is 7.84. The van der Waals surface area contributed by atoms with E-state index in [1.54, 1.807) is 0 Å². The van der Waals surface area contributed by atoms with Gasteiger partial charge in [-0.2, -0.15) is 0 Å². The van der Waals surface area contributed by atoms with Crippen LogP contribution in [0.1, 0.15) is 45.4 Å². The topological polar surface area (TPSA) is 32.3 Å². The average Bonchev–Trinajstić information content (AvgIpc) is 2.65. The molecule has 1 saturated heterocycles. The third-order valence-corrected chi connectivity index (χ3v) is 6.10. The van der Waals surface area contributed by atoms with Gasteiger partial charge < -0.3 is 10.2 Å². The van der Waals surface area contributed by atoms with Crippen LogP contribution in [0.4, 0.5) is 0 Å². The monoisotopic (exact) mass is 286 g/mol. The summed E-state index contributed by atoms with van der Waals surface area (Å²) in [6.07, 6.45) is 10.1. The molecule has 112 valence electrons. The fraction of sp³-hybridized carbons (Fsp3) is 1.00. The largest absolute Gasteiger partial charge is 0.312 e. The molecule has 2 fully saturated rings. The van der Waals surface area contributed by atoms with Crippen molar-refractivity contribution >= 4 is 10.8 Å². The average molecular weight is 286 g/mol. The highest BCUT2D eigenvalue weighted by Crippen LogP contribution is 2.27. The number of nitrogens with zero attached hydrogens (tertiary/aromatic N) is 1. The molecule has 19 heavy (non-hydrogen) atoms. The zero-order valence-electron chi connectivity index (χ0n) is 12.6. The third kappa shape index (κ3) is 4.83. The molecular weight excluding hydrogens is 256 g/mol. The van der Waals surface area contributed by atoms with Crippen molar-refractivity contribution in [3.63, 3.8) is 0 Å². The van der Waals surface area contributed by atoms with Gasteiger partial charge in [0.15, 0.2) is 0 Å². The van der Waals surface area contributed by atoms with Gasteiger partial charge in [0.1, 0.15) is 0 Å². The first-order valence-corrected chi connectivity index (χ1v) is 9.57. The minimum atomic E-state index is -0.696. The Kier molecular flexibility index (Phi) is 6.30. The summed E-state index contributed by atoms with van der Waals surface area (Å²) in [6.45, 7) is 6.59. The summed E-state index contributed by atoms with van der Waals surface area (Å²) in [5.41, 5.74) is 0. The second kappa shape index (κ2) is 7.75. The fourth-order valence-electron chi connectivity index (χ4n) is 3.51. The molecule has 1 saturated carbocycles. The molecule has 3 nitrogen and oxygen atoms in total. The van der Waals surface area contributed by atoms with Gasteiger partial charge in [0.2, 0.25) is 0 Å². The maximum atomic E-state index is 11.6. The highest BCUT2D eigenvalue weighted by atomic mass is 32.2. The summed E-state index contributed by atoms with van der Waals surface area (Å²) in [5, 5.41) is 4.06. The summed E-state index contributed by atoms with van der Waals surface area (Å²) in [4.78, 5) is 2.55. The molecule has 2 rings (SSSR count). The number of hydrogen-bond donors (Lipinski definition) is 1. The van der Waals surface area contributed by atoms with Crippen LogP contribution in [-0.2, 0) is 10.8 Å². The van der Waals surface area contributed by atoms with Crippen LogP contribution in [0.5, 0.6) is 0 Å². The van der Waals surface area contributed by atoms with Gasteiger partial charge in [-0.25, -0.2) is 0 Å². The van der Waals surface area contributed by atoms with Gasteiger partial charge in [0.25, 0.3) is 0 Å². The van der Waals surface area contributed by atoms with Crippen molar-refractivity contribution in [1.29, 1.82) is 0 Å². The van der Waals surface area contributed by atoms with E-state index in [-0.39, 0.29) is 0 Å². The fourth-order valence-corrected chi connectivity index (χ4v) is 3.93. The molecule has 0 radical (unpaired) electrons. The Morgan fingerprint density at radius 1 is 1.26 bits per heavy atom. The normalized spacial score (nSPS) is 30.7. The van der Waals surface area contributed by atoms with Crippen LogP contribution >= 0.6 is 0 Å². The van der Waals surface area contributed by atoms with Crippen LogP contribution in [0, 0.1) is 5.92 Å². The van der Waals surface area contributed by atoms with Gasteiger partial charge in [-0.1, -0.05) is 19.3 Å². The van der Waals surface area contributed by atoms with Gasteiger partial charge in [0.05, 0.1) is 0 Å². The van der Waals surface area contributed by atoms with E-state index in [2.05, 4.69) is 17.1 Å². The molecule has 1 aliphatic carbocycles. The summed E-state index contributed by atoms with van der Waals surface area (Å²) in [7, 11) is -0.696. The van der Waals surface area contributed by atoms with E-state index in [0.717, 1.165) is 32.1 Å². The van der Waals surface area contributed by atoms with Gasteiger partial charge in [-0.15, -0.1) is 0 Å². The van der Waals surface area contributed by atoms with E-state index >= 15 is 0 Å². The Morgan fingerprint density at radius 3 is 2.68 bits per heavy atom. The standard InChI is InChI=1S/C15H30N2OS/c1-13(19(2)18)11-17-10-6-9-16-15(12-17)14-7-4-3-5-8-14/h13-16H,3-12H2,1-2H3. The minimum Gasteiger partial charge on any atom is -0.312 e. The first-order chi connectivity index (χ1) is 9.16. The smallest absolute Gasteiger partial charge is 0.0444 e. The zero-order valence-corrected chi connectivity index (χ0v) is 13.4. The third-order valence-electron chi connectivity index (χ3n) is 4.81. The Labute approximate surface area is 121 Å². The molecule has 3 atom stereocenters. The quantitative estimate of drug-likeness (QED) is 0.858. The van der Waals surface area contributed by atoms with E-state index < -0.39 is 10.8 Å². The van der Waals surface area contributed by atoms with Crippen LogP contribution in [0.3, 0.4) is 0 Å². The number of nitrogens with one attached hydrogen (secondary N) is 1. The summed E-state index contributed by atoms with van der Waals surface area (Å²) < 4.78 is 11.6. The van der Waals surface area contributed by atoms with Crippen molar-refractivity contribution in [2.24, 2.45) is 5.92 Å². The molecule has 0 aromatic carbocycles. The lowest BCUT2D eigenvalue weighted by Gasteiger charge is -2.33. The summed E-state index contributed by atoms with van der Waals surface area (Å²) in [5.74, 6) is 0.872. The van der Waals surface area contributed by atoms with Crippen molar-refractivity contribution < 1.29 is 4.21 Å². The predicted molar refractivity (Wildman–Crippen MR) is 83.0 cm³/mol. The van der Waals surface area contributed by atoms with Gasteiger partial charge in [-0.3, -0.25) is 4.21 Å². The Hall–Kier alpha value is 0.0700. The molecule has 1 N–H and O–H groups in total. The second-order valence-electron chi connectivity index (χ2n) is 6.38. The SMILES string of the molecule is CC(CN1CCCNC(C2CCCCC2)C1)S(C)=O. The van der Waals surface area contributed by atoms with Crippen molar-refractivity contribution in [2.75, 3.05) is 32.4 Å². The Morgan fingerprint density at radius 2 is 2.00 bits per heavy atom. The van der Waals surface area contributed by atoms with Gasteiger partial charge >= 0.3 is 0 Å².